The Balaban J connectivity index is 1.43. The minimum atomic E-state index is 0.563. The smallest absolute Gasteiger partial charge is 0.0644 e. The van der Waals surface area contributed by atoms with Gasteiger partial charge in [-0.15, -0.1) is 0 Å². The fraction of sp³-hybridized carbons (Fsp3) is 0.833. The molecule has 0 radical (unpaired) electrons. The van der Waals surface area contributed by atoms with Crippen LogP contribution in [0.3, 0.4) is 0 Å². The molecule has 2 fully saturated rings. The van der Waals surface area contributed by atoms with Gasteiger partial charge < -0.3 is 5.32 Å². The van der Waals surface area contributed by atoms with E-state index in [1.165, 1.54) is 81.2 Å². The van der Waals surface area contributed by atoms with Crippen molar-refractivity contribution in [3.8, 4) is 0 Å². The summed E-state index contributed by atoms with van der Waals surface area (Å²) in [6.45, 7) is 2.18. The summed E-state index contributed by atoms with van der Waals surface area (Å²) in [5, 5.41) is 8.64. The van der Waals surface area contributed by atoms with Crippen LogP contribution in [-0.4, -0.2) is 15.8 Å². The van der Waals surface area contributed by atoms with Crippen molar-refractivity contribution in [3.63, 3.8) is 0 Å². The van der Waals surface area contributed by atoms with Crippen molar-refractivity contribution in [2.75, 3.05) is 0 Å². The second kappa shape index (κ2) is 5.12. The number of fused-ring (bicyclic) bond motifs is 1. The number of rotatable bonds is 2. The van der Waals surface area contributed by atoms with Gasteiger partial charge in [-0.2, -0.15) is 5.10 Å². The lowest BCUT2D eigenvalue weighted by molar-refractivity contribution is 0.0321. The largest absolute Gasteiger partial charge is 0.307 e. The Kier molecular flexibility index (Phi) is 3.36. The Morgan fingerprint density at radius 3 is 2.67 bits per heavy atom. The van der Waals surface area contributed by atoms with E-state index in [9.17, 15) is 0 Å². The first-order chi connectivity index (χ1) is 10.2. The highest BCUT2D eigenvalue weighted by Gasteiger charge is 2.45. The highest BCUT2D eigenvalue weighted by atomic mass is 15.3. The van der Waals surface area contributed by atoms with Gasteiger partial charge in [-0.25, -0.2) is 0 Å². The molecule has 3 aliphatic rings. The molecule has 21 heavy (non-hydrogen) atoms. The third-order valence-corrected chi connectivity index (χ3v) is 6.36. The molecule has 1 heterocycles. The van der Waals surface area contributed by atoms with E-state index in [4.69, 9.17) is 0 Å². The van der Waals surface area contributed by atoms with E-state index < -0.39 is 0 Å². The molecule has 2 saturated carbocycles. The van der Waals surface area contributed by atoms with Crippen LogP contribution in [0.25, 0.3) is 0 Å². The molecule has 0 bridgehead atoms. The van der Waals surface area contributed by atoms with Gasteiger partial charge in [0.15, 0.2) is 0 Å². The van der Waals surface area contributed by atoms with Gasteiger partial charge >= 0.3 is 0 Å². The molecular weight excluding hydrogens is 258 g/mol. The zero-order chi connectivity index (χ0) is 14.4. The van der Waals surface area contributed by atoms with Gasteiger partial charge in [0.1, 0.15) is 0 Å². The lowest BCUT2D eigenvalue weighted by Crippen LogP contribution is -2.51. The normalized spacial score (nSPS) is 28.4. The van der Waals surface area contributed by atoms with E-state index in [2.05, 4.69) is 29.1 Å². The molecule has 3 nitrogen and oxygen atoms in total. The molecule has 116 valence electrons. The molecule has 1 aromatic rings. The quantitative estimate of drug-likeness (QED) is 0.896. The number of nitrogens with one attached hydrogen (secondary N) is 1. The summed E-state index contributed by atoms with van der Waals surface area (Å²) >= 11 is 0. The first-order valence-corrected chi connectivity index (χ1v) is 8.95. The van der Waals surface area contributed by atoms with Crippen molar-refractivity contribution in [1.82, 2.24) is 15.1 Å². The van der Waals surface area contributed by atoms with Crippen LogP contribution in [0.5, 0.6) is 0 Å². The van der Waals surface area contributed by atoms with Crippen LogP contribution in [0.1, 0.15) is 80.8 Å². The summed E-state index contributed by atoms with van der Waals surface area (Å²) in [6, 6.07) is 1.33. The molecule has 1 aromatic heterocycles. The number of hydrogen-bond acceptors (Lipinski definition) is 2. The van der Waals surface area contributed by atoms with Crippen LogP contribution in [0, 0.1) is 12.3 Å². The molecule has 3 heteroatoms. The Bertz CT molecular complexity index is 517. The summed E-state index contributed by atoms with van der Waals surface area (Å²) < 4.78 is 2.11. The minimum Gasteiger partial charge on any atom is -0.307 e. The van der Waals surface area contributed by atoms with Gasteiger partial charge in [0.05, 0.1) is 5.69 Å². The maximum atomic E-state index is 4.65. The molecule has 1 atom stereocenters. The van der Waals surface area contributed by atoms with Crippen LogP contribution >= 0.6 is 0 Å². The lowest BCUT2D eigenvalue weighted by Gasteiger charge is -2.51. The van der Waals surface area contributed by atoms with Crippen molar-refractivity contribution in [3.05, 3.63) is 17.0 Å². The van der Waals surface area contributed by atoms with Crippen molar-refractivity contribution in [1.29, 1.82) is 0 Å². The van der Waals surface area contributed by atoms with Crippen LogP contribution < -0.4 is 5.32 Å². The van der Waals surface area contributed by atoms with E-state index in [0.717, 1.165) is 11.5 Å². The van der Waals surface area contributed by atoms with Crippen molar-refractivity contribution >= 4 is 0 Å². The zero-order valence-electron chi connectivity index (χ0n) is 13.6. The molecule has 4 rings (SSSR count). The van der Waals surface area contributed by atoms with Crippen molar-refractivity contribution < 1.29 is 0 Å². The Morgan fingerprint density at radius 1 is 1.14 bits per heavy atom. The second-order valence-electron chi connectivity index (χ2n) is 7.85. The van der Waals surface area contributed by atoms with E-state index in [-0.39, 0.29) is 0 Å². The first-order valence-electron chi connectivity index (χ1n) is 8.95. The maximum Gasteiger partial charge on any atom is 0.0644 e. The van der Waals surface area contributed by atoms with E-state index >= 15 is 0 Å². The molecule has 0 aromatic carbocycles. The minimum absolute atomic E-state index is 0.563. The predicted molar refractivity (Wildman–Crippen MR) is 85.3 cm³/mol. The number of nitrogens with zero attached hydrogens (tertiary/aromatic N) is 2. The maximum absolute atomic E-state index is 4.65. The standard InChI is InChI=1S/C18H29N3/c1-13-17-15(7-6-8-16(17)21(2)20-13)19-14-11-18(12-14)9-4-3-5-10-18/h14-15,19H,3-12H2,1-2H3. The van der Waals surface area contributed by atoms with Crippen molar-refractivity contribution in [2.24, 2.45) is 12.5 Å². The van der Waals surface area contributed by atoms with Crippen LogP contribution in [-0.2, 0) is 13.5 Å². The molecule has 3 aliphatic carbocycles. The number of aryl methyl sites for hydroxylation is 2. The van der Waals surface area contributed by atoms with Crippen LogP contribution in [0.2, 0.25) is 0 Å². The van der Waals surface area contributed by atoms with E-state index in [0.29, 0.717) is 6.04 Å². The van der Waals surface area contributed by atoms with E-state index in [1.807, 2.05) is 0 Å². The highest BCUT2D eigenvalue weighted by Crippen LogP contribution is 2.52. The van der Waals surface area contributed by atoms with Gasteiger partial charge in [0.2, 0.25) is 0 Å². The summed E-state index contributed by atoms with van der Waals surface area (Å²) in [6.07, 6.45) is 14.1. The van der Waals surface area contributed by atoms with Gasteiger partial charge in [-0.1, -0.05) is 19.3 Å². The average Bonchev–Trinajstić information content (AvgIpc) is 2.74. The fourth-order valence-corrected chi connectivity index (χ4v) is 5.35. The van der Waals surface area contributed by atoms with Gasteiger partial charge in [0.25, 0.3) is 0 Å². The molecule has 1 N–H and O–H groups in total. The lowest BCUT2D eigenvalue weighted by atomic mass is 9.58. The Hall–Kier alpha value is -0.830. The molecule has 0 amide bonds. The zero-order valence-corrected chi connectivity index (χ0v) is 13.6. The van der Waals surface area contributed by atoms with Gasteiger partial charge in [0, 0.05) is 30.4 Å². The summed E-state index contributed by atoms with van der Waals surface area (Å²) in [4.78, 5) is 0. The molecule has 0 saturated heterocycles. The van der Waals surface area contributed by atoms with E-state index in [1.54, 1.807) is 0 Å². The molecule has 0 aliphatic heterocycles. The van der Waals surface area contributed by atoms with Crippen LogP contribution in [0.4, 0.5) is 0 Å². The van der Waals surface area contributed by atoms with Gasteiger partial charge in [-0.3, -0.25) is 4.68 Å². The molecule has 1 unspecified atom stereocenters. The Labute approximate surface area is 128 Å². The summed E-state index contributed by atoms with van der Waals surface area (Å²) in [5.74, 6) is 0. The number of hydrogen-bond donors (Lipinski definition) is 1. The number of aromatic nitrogens is 2. The highest BCUT2D eigenvalue weighted by molar-refractivity contribution is 5.31. The molecule has 1 spiro atoms. The second-order valence-corrected chi connectivity index (χ2v) is 7.85. The van der Waals surface area contributed by atoms with Crippen molar-refractivity contribution in [2.45, 2.75) is 83.2 Å². The monoisotopic (exact) mass is 287 g/mol. The summed E-state index contributed by atoms with van der Waals surface area (Å²) in [5.41, 5.74) is 4.98. The third-order valence-electron chi connectivity index (χ3n) is 6.36. The molecular formula is C18H29N3. The fourth-order valence-electron chi connectivity index (χ4n) is 5.35. The topological polar surface area (TPSA) is 29.9 Å². The predicted octanol–water partition coefficient (Wildman–Crippen LogP) is 3.81. The average molecular weight is 287 g/mol. The van der Waals surface area contributed by atoms with Crippen LogP contribution in [0.15, 0.2) is 0 Å². The van der Waals surface area contributed by atoms with Gasteiger partial charge in [-0.05, 0) is 57.3 Å². The Morgan fingerprint density at radius 2 is 1.90 bits per heavy atom. The first kappa shape index (κ1) is 13.8. The third kappa shape index (κ3) is 2.34. The summed E-state index contributed by atoms with van der Waals surface area (Å²) in [7, 11) is 2.11. The SMILES string of the molecule is Cc1nn(C)c2c1C(NC1CC3(CCCCC3)C1)CCC2.